The average molecular weight is 355 g/mol. The molecule has 0 atom stereocenters. The van der Waals surface area contributed by atoms with Crippen LogP contribution in [0.5, 0.6) is 0 Å². The van der Waals surface area contributed by atoms with Crippen LogP contribution >= 0.6 is 0 Å². The molecule has 1 aliphatic carbocycles. The molecule has 0 aliphatic heterocycles. The fourth-order valence-corrected chi connectivity index (χ4v) is 17.8. The molecule has 1 rings (SSSR count). The van der Waals surface area contributed by atoms with Crippen molar-refractivity contribution in [3.8, 4) is 9.86 Å². The Labute approximate surface area is 119 Å². The van der Waals surface area contributed by atoms with E-state index in [4.69, 9.17) is 0 Å². The molecule has 0 bridgehead atoms. The Kier molecular flexibility index (Phi) is 8.47. The van der Waals surface area contributed by atoms with Crippen molar-refractivity contribution in [1.29, 1.82) is 0 Å². The molecule has 18 heavy (non-hydrogen) atoms. The topological polar surface area (TPSA) is 0 Å². The maximum atomic E-state index is 3.96. The quantitative estimate of drug-likeness (QED) is 0.273. The van der Waals surface area contributed by atoms with Crippen molar-refractivity contribution in [1.82, 2.24) is 0 Å². The van der Waals surface area contributed by atoms with Gasteiger partial charge in [0.05, 0.1) is 0 Å². The molecule has 0 nitrogen and oxygen atoms in total. The summed E-state index contributed by atoms with van der Waals surface area (Å²) in [5, 5.41) is 0. The van der Waals surface area contributed by atoms with Gasteiger partial charge in [0.1, 0.15) is 0 Å². The second-order valence-corrected chi connectivity index (χ2v) is 18.5. The molecular weight excluding hydrogens is 323 g/mol. The van der Waals surface area contributed by atoms with Crippen LogP contribution in [0.4, 0.5) is 0 Å². The molecule has 0 amide bonds. The van der Waals surface area contributed by atoms with Crippen LogP contribution in [0.15, 0.2) is 0 Å². The molecule has 0 aromatic carbocycles. The van der Waals surface area contributed by atoms with Crippen LogP contribution in [0.1, 0.15) is 78.6 Å². The molecule has 0 N–H and O–H groups in total. The predicted octanol–water partition coefficient (Wildman–Crippen LogP) is 5.93. The van der Waals surface area contributed by atoms with Gasteiger partial charge in [0.15, 0.2) is 0 Å². The first kappa shape index (κ1) is 16.4. The van der Waals surface area contributed by atoms with E-state index in [2.05, 4.69) is 30.6 Å². The van der Waals surface area contributed by atoms with Gasteiger partial charge in [-0.15, -0.1) is 0 Å². The van der Waals surface area contributed by atoms with Crippen molar-refractivity contribution in [3.63, 3.8) is 0 Å². The number of unbranched alkanes of at least 4 members (excludes halogenated alkanes) is 4. The van der Waals surface area contributed by atoms with Gasteiger partial charge in [0.25, 0.3) is 0 Å². The van der Waals surface area contributed by atoms with E-state index in [0.29, 0.717) is 0 Å². The third-order valence-electron chi connectivity index (χ3n) is 4.30. The van der Waals surface area contributed by atoms with Crippen molar-refractivity contribution in [2.75, 3.05) is 0 Å². The Morgan fingerprint density at radius 1 is 0.889 bits per heavy atom. The second-order valence-electron chi connectivity index (χ2n) is 6.04. The molecule has 0 spiro atoms. The monoisotopic (exact) mass is 356 g/mol. The molecule has 0 saturated heterocycles. The minimum atomic E-state index is -2.04. The SMILES string of the molecule is CCCCC#[C][Sn]([CH2]CCC)([CH2]CCC)[CH]1CC1. The third kappa shape index (κ3) is 5.55. The second kappa shape index (κ2) is 9.29. The van der Waals surface area contributed by atoms with Gasteiger partial charge in [-0.2, -0.15) is 0 Å². The average Bonchev–Trinajstić information content (AvgIpc) is 3.22. The summed E-state index contributed by atoms with van der Waals surface area (Å²) in [6, 6.07) is 0. The Bertz CT molecular complexity index is 259. The molecule has 0 aromatic heterocycles. The van der Waals surface area contributed by atoms with Crippen molar-refractivity contribution in [2.24, 2.45) is 0 Å². The van der Waals surface area contributed by atoms with Crippen molar-refractivity contribution in [3.05, 3.63) is 0 Å². The Morgan fingerprint density at radius 2 is 1.44 bits per heavy atom. The van der Waals surface area contributed by atoms with Crippen molar-refractivity contribution < 1.29 is 0 Å². The zero-order valence-corrected chi connectivity index (χ0v) is 15.7. The summed E-state index contributed by atoms with van der Waals surface area (Å²) in [7, 11) is 0. The van der Waals surface area contributed by atoms with Crippen LogP contribution in [0.3, 0.4) is 0 Å². The van der Waals surface area contributed by atoms with Crippen molar-refractivity contribution in [2.45, 2.75) is 91.4 Å². The first-order valence-electron chi connectivity index (χ1n) is 8.29. The summed E-state index contributed by atoms with van der Waals surface area (Å²) in [5.74, 6) is 3.61. The van der Waals surface area contributed by atoms with Crippen LogP contribution in [0.2, 0.25) is 12.8 Å². The van der Waals surface area contributed by atoms with E-state index in [9.17, 15) is 0 Å². The van der Waals surface area contributed by atoms with E-state index >= 15 is 0 Å². The summed E-state index contributed by atoms with van der Waals surface area (Å²) in [5.41, 5.74) is 0. The third-order valence-corrected chi connectivity index (χ3v) is 19.4. The van der Waals surface area contributed by atoms with E-state index in [0.717, 1.165) is 3.93 Å². The maximum absolute atomic E-state index is 3.96. The van der Waals surface area contributed by atoms with Gasteiger partial charge in [0.2, 0.25) is 0 Å². The summed E-state index contributed by atoms with van der Waals surface area (Å²) in [4.78, 5) is 0. The molecule has 1 fully saturated rings. The van der Waals surface area contributed by atoms with E-state index < -0.39 is 18.4 Å². The molecule has 1 aliphatic rings. The summed E-state index contributed by atoms with van der Waals surface area (Å²) >= 11 is -2.04. The molecule has 0 heterocycles. The zero-order chi connectivity index (χ0) is 13.3. The van der Waals surface area contributed by atoms with Crippen molar-refractivity contribution >= 4 is 18.4 Å². The summed E-state index contributed by atoms with van der Waals surface area (Å²) in [6.07, 6.45) is 12.5. The van der Waals surface area contributed by atoms with E-state index in [1.54, 1.807) is 8.87 Å². The molecular formula is C17H32Sn. The Hall–Kier alpha value is 0.359. The predicted molar refractivity (Wildman–Crippen MR) is 85.5 cm³/mol. The van der Waals surface area contributed by atoms with Gasteiger partial charge >= 0.3 is 120 Å². The van der Waals surface area contributed by atoms with E-state index in [1.165, 1.54) is 57.8 Å². The molecule has 0 unspecified atom stereocenters. The van der Waals surface area contributed by atoms with Crippen LogP contribution in [-0.4, -0.2) is 18.4 Å². The van der Waals surface area contributed by atoms with Gasteiger partial charge in [-0.3, -0.25) is 0 Å². The van der Waals surface area contributed by atoms with Gasteiger partial charge in [-0.1, -0.05) is 0 Å². The van der Waals surface area contributed by atoms with E-state index in [1.807, 2.05) is 0 Å². The molecule has 1 heteroatoms. The normalized spacial score (nSPS) is 15.3. The van der Waals surface area contributed by atoms with Gasteiger partial charge in [0, 0.05) is 0 Å². The van der Waals surface area contributed by atoms with Gasteiger partial charge in [-0.25, -0.2) is 0 Å². The first-order chi connectivity index (χ1) is 8.79. The Balaban J connectivity index is 2.64. The number of hydrogen-bond acceptors (Lipinski definition) is 0. The standard InChI is InChI=1S/C6H9.2C4H9.C3H5.Sn/c1-3-5-6-4-2;2*1-3-4-2;1-2-3-1;/h3,5-6H2,1H3;2*1,3-4H2,2H3;1H,2-3H2;. The number of hydrogen-bond donors (Lipinski definition) is 0. The van der Waals surface area contributed by atoms with Crippen LogP contribution < -0.4 is 0 Å². The fourth-order valence-electron chi connectivity index (χ4n) is 2.88. The summed E-state index contributed by atoms with van der Waals surface area (Å²) in [6.45, 7) is 6.95. The van der Waals surface area contributed by atoms with Gasteiger partial charge < -0.3 is 0 Å². The molecule has 0 radical (unpaired) electrons. The van der Waals surface area contributed by atoms with Gasteiger partial charge in [-0.05, 0) is 0 Å². The Morgan fingerprint density at radius 3 is 1.89 bits per heavy atom. The molecule has 104 valence electrons. The molecule has 1 saturated carbocycles. The summed E-state index contributed by atoms with van der Waals surface area (Å²) < 4.78 is 8.23. The van der Waals surface area contributed by atoms with Crippen LogP contribution in [0.25, 0.3) is 0 Å². The molecule has 0 aromatic rings. The van der Waals surface area contributed by atoms with Crippen LogP contribution in [0, 0.1) is 9.86 Å². The van der Waals surface area contributed by atoms with Crippen LogP contribution in [-0.2, 0) is 0 Å². The zero-order valence-electron chi connectivity index (χ0n) is 12.9. The van der Waals surface area contributed by atoms with E-state index in [-0.39, 0.29) is 0 Å². The first-order valence-corrected chi connectivity index (χ1v) is 15.4. The fraction of sp³-hybridized carbons (Fsp3) is 0.882. The minimum absolute atomic E-state index is 1.14. The number of rotatable bonds is 9.